The van der Waals surface area contributed by atoms with Crippen LogP contribution in [-0.4, -0.2) is 36.0 Å². The fourth-order valence-corrected chi connectivity index (χ4v) is 5.06. The largest absolute Gasteiger partial charge is 0.337 e. The number of allylic oxidation sites excluding steroid dienone is 2. The van der Waals surface area contributed by atoms with Crippen LogP contribution in [0.25, 0.3) is 0 Å². The molecule has 0 spiro atoms. The first-order chi connectivity index (χ1) is 9.07. The molecule has 3 heteroatoms. The molecule has 3 nitrogen and oxygen atoms in total. The number of carbonyl (C=O) groups is 1. The van der Waals surface area contributed by atoms with Crippen LogP contribution in [0.15, 0.2) is 12.2 Å². The lowest BCUT2D eigenvalue weighted by Crippen LogP contribution is -2.50. The topological polar surface area (TPSA) is 32.3 Å². The van der Waals surface area contributed by atoms with Gasteiger partial charge in [0.1, 0.15) is 0 Å². The lowest BCUT2D eigenvalue weighted by atomic mass is 9.84. The number of hydrogen-bond donors (Lipinski definition) is 1. The molecule has 0 aromatic heterocycles. The highest BCUT2D eigenvalue weighted by Crippen LogP contribution is 2.47. The van der Waals surface area contributed by atoms with Crippen molar-refractivity contribution in [1.29, 1.82) is 0 Å². The zero-order valence-electron chi connectivity index (χ0n) is 11.9. The second kappa shape index (κ2) is 3.85. The van der Waals surface area contributed by atoms with Gasteiger partial charge in [-0.15, -0.1) is 0 Å². The molecule has 1 saturated carbocycles. The van der Waals surface area contributed by atoms with Gasteiger partial charge in [-0.05, 0) is 50.4 Å². The Morgan fingerprint density at radius 1 is 1.26 bits per heavy atom. The van der Waals surface area contributed by atoms with Crippen molar-refractivity contribution in [2.45, 2.75) is 32.2 Å². The zero-order valence-corrected chi connectivity index (χ0v) is 11.9. The third-order valence-electron chi connectivity index (χ3n) is 6.22. The van der Waals surface area contributed by atoms with Gasteiger partial charge in [-0.3, -0.25) is 4.79 Å². The molecule has 3 fully saturated rings. The first-order valence-electron chi connectivity index (χ1n) is 7.78. The van der Waals surface area contributed by atoms with E-state index in [4.69, 9.17) is 0 Å². The number of rotatable bonds is 1. The van der Waals surface area contributed by atoms with Gasteiger partial charge in [-0.1, -0.05) is 12.2 Å². The molecule has 4 aliphatic rings. The van der Waals surface area contributed by atoms with Crippen molar-refractivity contribution in [2.24, 2.45) is 29.6 Å². The molecule has 4 rings (SSSR count). The Morgan fingerprint density at radius 2 is 2.11 bits per heavy atom. The van der Waals surface area contributed by atoms with E-state index in [2.05, 4.69) is 36.2 Å². The first kappa shape index (κ1) is 12.0. The molecule has 2 heterocycles. The van der Waals surface area contributed by atoms with E-state index in [1.165, 1.54) is 6.42 Å². The maximum Gasteiger partial charge on any atom is 0.226 e. The maximum atomic E-state index is 13.0. The molecule has 2 aliphatic heterocycles. The quantitative estimate of drug-likeness (QED) is 0.727. The average Bonchev–Trinajstić information content (AvgIpc) is 3.10. The predicted octanol–water partition coefficient (Wildman–Crippen LogP) is 1.66. The van der Waals surface area contributed by atoms with Gasteiger partial charge < -0.3 is 10.2 Å². The maximum absolute atomic E-state index is 13.0. The summed E-state index contributed by atoms with van der Waals surface area (Å²) in [5.41, 5.74) is 0.0385. The van der Waals surface area contributed by atoms with E-state index in [1.54, 1.807) is 0 Å². The number of likely N-dealkylation sites (tertiary alicyclic amines) is 1. The summed E-state index contributed by atoms with van der Waals surface area (Å²) in [5, 5.41) is 3.49. The Bertz CT molecular complexity index is 442. The monoisotopic (exact) mass is 260 g/mol. The highest BCUT2D eigenvalue weighted by molar-refractivity contribution is 5.81. The van der Waals surface area contributed by atoms with E-state index in [0.29, 0.717) is 29.6 Å². The molecule has 5 unspecified atom stereocenters. The number of nitrogens with one attached hydrogen (secondary N) is 1. The van der Waals surface area contributed by atoms with Crippen molar-refractivity contribution in [2.75, 3.05) is 19.6 Å². The second-order valence-electron chi connectivity index (χ2n) is 7.51. The van der Waals surface area contributed by atoms with Gasteiger partial charge >= 0.3 is 0 Å². The molecule has 2 aliphatic carbocycles. The van der Waals surface area contributed by atoms with Crippen LogP contribution in [0.1, 0.15) is 26.7 Å². The van der Waals surface area contributed by atoms with E-state index >= 15 is 0 Å². The van der Waals surface area contributed by atoms with E-state index in [1.807, 2.05) is 0 Å². The molecule has 0 radical (unpaired) electrons. The highest BCUT2D eigenvalue weighted by Gasteiger charge is 2.53. The zero-order chi connectivity index (χ0) is 13.2. The third-order valence-corrected chi connectivity index (χ3v) is 6.22. The Kier molecular flexibility index (Phi) is 2.42. The lowest BCUT2D eigenvalue weighted by molar-refractivity contribution is -0.140. The molecule has 104 valence electrons. The van der Waals surface area contributed by atoms with Crippen LogP contribution in [-0.2, 0) is 4.79 Å². The summed E-state index contributed by atoms with van der Waals surface area (Å²) < 4.78 is 0. The summed E-state index contributed by atoms with van der Waals surface area (Å²) in [7, 11) is 0. The van der Waals surface area contributed by atoms with Gasteiger partial charge in [-0.2, -0.15) is 0 Å². The molecule has 0 aromatic rings. The highest BCUT2D eigenvalue weighted by atomic mass is 16.2. The van der Waals surface area contributed by atoms with Crippen LogP contribution in [0.4, 0.5) is 0 Å². The lowest BCUT2D eigenvalue weighted by Gasteiger charge is -2.38. The van der Waals surface area contributed by atoms with E-state index in [9.17, 15) is 4.79 Å². The minimum atomic E-state index is 0.0385. The number of nitrogens with zero attached hydrogens (tertiary/aromatic N) is 1. The van der Waals surface area contributed by atoms with Crippen LogP contribution in [0.3, 0.4) is 0 Å². The van der Waals surface area contributed by atoms with Crippen molar-refractivity contribution in [3.8, 4) is 0 Å². The molecule has 2 bridgehead atoms. The average molecular weight is 260 g/mol. The molecule has 2 saturated heterocycles. The Hall–Kier alpha value is -0.830. The Morgan fingerprint density at radius 3 is 2.74 bits per heavy atom. The van der Waals surface area contributed by atoms with Crippen molar-refractivity contribution < 1.29 is 4.79 Å². The minimum absolute atomic E-state index is 0.0385. The summed E-state index contributed by atoms with van der Waals surface area (Å²) in [6.45, 7) is 7.69. The molecule has 1 N–H and O–H groups in total. The SMILES string of the molecule is CC1(C)C2CNCC2CN1C(=O)C1CC2C=CC1C2. The van der Waals surface area contributed by atoms with Crippen molar-refractivity contribution in [3.63, 3.8) is 0 Å². The van der Waals surface area contributed by atoms with Gasteiger partial charge in [0.05, 0.1) is 0 Å². The molecule has 1 amide bonds. The van der Waals surface area contributed by atoms with Gasteiger partial charge in [0, 0.05) is 31.1 Å². The van der Waals surface area contributed by atoms with Crippen LogP contribution in [0.2, 0.25) is 0 Å². The summed E-state index contributed by atoms with van der Waals surface area (Å²) in [4.78, 5) is 15.2. The van der Waals surface area contributed by atoms with Crippen LogP contribution in [0, 0.1) is 29.6 Å². The standard InChI is InChI=1S/C16H24N2O/c1-16(2)14-8-17-7-12(14)9-18(16)15(19)13-6-10-3-4-11(13)5-10/h3-4,10-14,17H,5-9H2,1-2H3. The van der Waals surface area contributed by atoms with Crippen molar-refractivity contribution in [3.05, 3.63) is 12.2 Å². The molecular weight excluding hydrogens is 236 g/mol. The summed E-state index contributed by atoms with van der Waals surface area (Å²) >= 11 is 0. The molecule has 19 heavy (non-hydrogen) atoms. The normalized spacial score (nSPS) is 46.0. The summed E-state index contributed by atoms with van der Waals surface area (Å²) in [6.07, 6.45) is 6.93. The van der Waals surface area contributed by atoms with Gasteiger partial charge in [0.15, 0.2) is 0 Å². The number of fused-ring (bicyclic) bond motifs is 3. The minimum Gasteiger partial charge on any atom is -0.337 e. The van der Waals surface area contributed by atoms with E-state index < -0.39 is 0 Å². The first-order valence-corrected chi connectivity index (χ1v) is 7.78. The number of hydrogen-bond acceptors (Lipinski definition) is 2. The summed E-state index contributed by atoms with van der Waals surface area (Å²) in [5.74, 6) is 3.26. The van der Waals surface area contributed by atoms with Crippen LogP contribution >= 0.6 is 0 Å². The van der Waals surface area contributed by atoms with Gasteiger partial charge in [-0.25, -0.2) is 0 Å². The van der Waals surface area contributed by atoms with Crippen LogP contribution in [0.5, 0.6) is 0 Å². The fourth-order valence-electron chi connectivity index (χ4n) is 5.06. The summed E-state index contributed by atoms with van der Waals surface area (Å²) in [6, 6.07) is 0. The third kappa shape index (κ3) is 1.57. The second-order valence-corrected chi connectivity index (χ2v) is 7.51. The molecule has 5 atom stereocenters. The molecule has 0 aromatic carbocycles. The Labute approximate surface area is 115 Å². The van der Waals surface area contributed by atoms with Crippen LogP contribution < -0.4 is 5.32 Å². The van der Waals surface area contributed by atoms with Crippen molar-refractivity contribution >= 4 is 5.91 Å². The van der Waals surface area contributed by atoms with Crippen molar-refractivity contribution in [1.82, 2.24) is 10.2 Å². The Balaban J connectivity index is 1.56. The van der Waals surface area contributed by atoms with E-state index in [-0.39, 0.29) is 11.5 Å². The van der Waals surface area contributed by atoms with Gasteiger partial charge in [0.2, 0.25) is 5.91 Å². The molecular formula is C16H24N2O. The smallest absolute Gasteiger partial charge is 0.226 e. The van der Waals surface area contributed by atoms with Gasteiger partial charge in [0.25, 0.3) is 0 Å². The number of carbonyl (C=O) groups excluding carboxylic acids is 1. The van der Waals surface area contributed by atoms with E-state index in [0.717, 1.165) is 26.1 Å². The number of amides is 1. The predicted molar refractivity (Wildman–Crippen MR) is 74.5 cm³/mol. The fraction of sp³-hybridized carbons (Fsp3) is 0.812.